The molecule has 0 aromatic carbocycles. The van der Waals surface area contributed by atoms with Crippen LogP contribution in [-0.2, 0) is 0 Å². The van der Waals surface area contributed by atoms with Gasteiger partial charge in [-0.2, -0.15) is 0 Å². The minimum absolute atomic E-state index is 0.243. The molecule has 2 rings (SSSR count). The van der Waals surface area contributed by atoms with Crippen LogP contribution in [0.15, 0.2) is 23.5 Å². The Hall–Kier alpha value is -1.89. The van der Waals surface area contributed by atoms with E-state index in [-0.39, 0.29) is 6.61 Å². The molecule has 0 spiro atoms. The summed E-state index contributed by atoms with van der Waals surface area (Å²) in [6.45, 7) is 9.76. The van der Waals surface area contributed by atoms with Crippen molar-refractivity contribution < 1.29 is 5.11 Å². The van der Waals surface area contributed by atoms with Crippen LogP contribution in [0.25, 0.3) is 0 Å². The number of aliphatic hydroxyl groups is 1. The van der Waals surface area contributed by atoms with E-state index >= 15 is 0 Å². The lowest BCUT2D eigenvalue weighted by Gasteiger charge is -2.36. The monoisotopic (exact) mass is 348 g/mol. The molecule has 1 saturated heterocycles. The van der Waals surface area contributed by atoms with Crippen molar-refractivity contribution in [3.63, 3.8) is 0 Å². The molecule has 140 valence electrons. The molecule has 1 aromatic rings. The summed E-state index contributed by atoms with van der Waals surface area (Å²) in [6, 6.07) is 1.84. The van der Waals surface area contributed by atoms with Crippen molar-refractivity contribution in [1.29, 1.82) is 0 Å². The van der Waals surface area contributed by atoms with Crippen molar-refractivity contribution in [2.24, 2.45) is 10.9 Å². The molecule has 1 aliphatic rings. The Morgan fingerprint density at radius 3 is 2.52 bits per heavy atom. The molecule has 0 amide bonds. The predicted molar refractivity (Wildman–Crippen MR) is 102 cm³/mol. The number of anilines is 1. The summed E-state index contributed by atoms with van der Waals surface area (Å²) in [5, 5.41) is 12.6. The van der Waals surface area contributed by atoms with Gasteiger partial charge in [0.1, 0.15) is 0 Å². The smallest absolute Gasteiger partial charge is 0.225 e. The lowest BCUT2D eigenvalue weighted by molar-refractivity contribution is 0.253. The second kappa shape index (κ2) is 10.9. The minimum Gasteiger partial charge on any atom is -0.396 e. The van der Waals surface area contributed by atoms with E-state index in [9.17, 15) is 5.11 Å². The standard InChI is InChI=1S/C18H32N6O/c1-3-6-16(7-14-25)15-22-17(19-4-2)23-10-12-24(13-11-23)18-20-8-5-9-21-18/h5,8-9,16,25H,3-4,6-7,10-15H2,1-2H3,(H,19,22). The van der Waals surface area contributed by atoms with Crippen LogP contribution in [0.2, 0.25) is 0 Å². The van der Waals surface area contributed by atoms with E-state index in [1.54, 1.807) is 12.4 Å². The molecule has 1 aromatic heterocycles. The number of hydrogen-bond acceptors (Lipinski definition) is 5. The van der Waals surface area contributed by atoms with Gasteiger partial charge in [-0.3, -0.25) is 4.99 Å². The van der Waals surface area contributed by atoms with E-state index in [1.807, 2.05) is 6.07 Å². The second-order valence-electron chi connectivity index (χ2n) is 6.38. The number of aliphatic hydroxyl groups excluding tert-OH is 1. The van der Waals surface area contributed by atoms with E-state index in [1.165, 1.54) is 0 Å². The van der Waals surface area contributed by atoms with Gasteiger partial charge in [-0.05, 0) is 31.7 Å². The number of hydrogen-bond donors (Lipinski definition) is 2. The summed E-state index contributed by atoms with van der Waals surface area (Å²) in [5.74, 6) is 2.24. The first-order valence-corrected chi connectivity index (χ1v) is 9.44. The van der Waals surface area contributed by atoms with Crippen molar-refractivity contribution >= 4 is 11.9 Å². The maximum absolute atomic E-state index is 9.23. The zero-order valence-corrected chi connectivity index (χ0v) is 15.6. The van der Waals surface area contributed by atoms with Crippen molar-refractivity contribution in [1.82, 2.24) is 20.2 Å². The van der Waals surface area contributed by atoms with Crippen molar-refractivity contribution in [2.45, 2.75) is 33.1 Å². The van der Waals surface area contributed by atoms with Crippen molar-refractivity contribution in [3.8, 4) is 0 Å². The molecular weight excluding hydrogens is 316 g/mol. The summed E-state index contributed by atoms with van der Waals surface area (Å²) in [6.07, 6.45) is 6.65. The van der Waals surface area contributed by atoms with Gasteiger partial charge >= 0.3 is 0 Å². The van der Waals surface area contributed by atoms with E-state index in [0.29, 0.717) is 5.92 Å². The van der Waals surface area contributed by atoms with Crippen LogP contribution in [0.1, 0.15) is 33.1 Å². The Kier molecular flexibility index (Phi) is 8.45. The minimum atomic E-state index is 0.243. The summed E-state index contributed by atoms with van der Waals surface area (Å²) in [7, 11) is 0. The zero-order chi connectivity index (χ0) is 17.9. The number of piperazine rings is 1. The molecule has 0 bridgehead atoms. The molecule has 0 aliphatic carbocycles. The largest absolute Gasteiger partial charge is 0.396 e. The average molecular weight is 348 g/mol. The van der Waals surface area contributed by atoms with Crippen LogP contribution in [0.5, 0.6) is 0 Å². The molecule has 1 fully saturated rings. The Morgan fingerprint density at radius 2 is 1.92 bits per heavy atom. The van der Waals surface area contributed by atoms with Gasteiger partial charge in [0.25, 0.3) is 0 Å². The van der Waals surface area contributed by atoms with Crippen LogP contribution >= 0.6 is 0 Å². The van der Waals surface area contributed by atoms with Gasteiger partial charge < -0.3 is 20.2 Å². The molecule has 7 heteroatoms. The highest BCUT2D eigenvalue weighted by Crippen LogP contribution is 2.13. The van der Waals surface area contributed by atoms with Gasteiger partial charge in [0, 0.05) is 58.3 Å². The first kappa shape index (κ1) is 19.4. The highest BCUT2D eigenvalue weighted by atomic mass is 16.3. The van der Waals surface area contributed by atoms with E-state index in [2.05, 4.69) is 38.9 Å². The van der Waals surface area contributed by atoms with E-state index in [0.717, 1.165) is 70.4 Å². The van der Waals surface area contributed by atoms with Gasteiger partial charge in [-0.1, -0.05) is 13.3 Å². The fourth-order valence-electron chi connectivity index (χ4n) is 3.13. The molecule has 0 saturated carbocycles. The first-order chi connectivity index (χ1) is 12.3. The zero-order valence-electron chi connectivity index (χ0n) is 15.6. The van der Waals surface area contributed by atoms with Gasteiger partial charge in [0.05, 0.1) is 0 Å². The fourth-order valence-corrected chi connectivity index (χ4v) is 3.13. The van der Waals surface area contributed by atoms with Crippen molar-refractivity contribution in [2.75, 3.05) is 50.8 Å². The van der Waals surface area contributed by atoms with Crippen LogP contribution in [0.4, 0.5) is 5.95 Å². The number of rotatable bonds is 8. The summed E-state index contributed by atoms with van der Waals surface area (Å²) in [4.78, 5) is 18.0. The first-order valence-electron chi connectivity index (χ1n) is 9.44. The van der Waals surface area contributed by atoms with Gasteiger partial charge in [-0.25, -0.2) is 9.97 Å². The lowest BCUT2D eigenvalue weighted by Crippen LogP contribution is -2.53. The Balaban J connectivity index is 1.93. The molecule has 7 nitrogen and oxygen atoms in total. The van der Waals surface area contributed by atoms with E-state index < -0.39 is 0 Å². The number of aliphatic imine (C=N–C) groups is 1. The molecule has 1 aliphatic heterocycles. The normalized spacial score (nSPS) is 16.8. The van der Waals surface area contributed by atoms with Gasteiger partial charge in [0.2, 0.25) is 5.95 Å². The van der Waals surface area contributed by atoms with Crippen LogP contribution in [-0.4, -0.2) is 71.8 Å². The SMILES string of the molecule is CCCC(CCO)CN=C(NCC)N1CCN(c2ncccn2)CC1. The highest BCUT2D eigenvalue weighted by molar-refractivity contribution is 5.80. The van der Waals surface area contributed by atoms with Gasteiger partial charge in [-0.15, -0.1) is 0 Å². The molecule has 1 atom stereocenters. The quantitative estimate of drug-likeness (QED) is 0.546. The third-order valence-electron chi connectivity index (χ3n) is 4.48. The molecule has 1 unspecified atom stereocenters. The average Bonchev–Trinajstić information content (AvgIpc) is 2.66. The lowest BCUT2D eigenvalue weighted by atomic mass is 10.0. The van der Waals surface area contributed by atoms with Crippen LogP contribution < -0.4 is 10.2 Å². The Labute approximate surface area is 151 Å². The molecule has 2 N–H and O–H groups in total. The topological polar surface area (TPSA) is 76.9 Å². The number of aromatic nitrogens is 2. The van der Waals surface area contributed by atoms with E-state index in [4.69, 9.17) is 4.99 Å². The maximum Gasteiger partial charge on any atom is 0.225 e. The summed E-state index contributed by atoms with van der Waals surface area (Å²) in [5.41, 5.74) is 0. The number of nitrogens with one attached hydrogen (secondary N) is 1. The van der Waals surface area contributed by atoms with Crippen molar-refractivity contribution in [3.05, 3.63) is 18.5 Å². The van der Waals surface area contributed by atoms with Gasteiger partial charge in [0.15, 0.2) is 5.96 Å². The highest BCUT2D eigenvalue weighted by Gasteiger charge is 2.21. The number of guanidine groups is 1. The summed E-state index contributed by atoms with van der Waals surface area (Å²) < 4.78 is 0. The third kappa shape index (κ3) is 6.16. The maximum atomic E-state index is 9.23. The number of nitrogens with zero attached hydrogens (tertiary/aromatic N) is 5. The molecule has 2 heterocycles. The Bertz CT molecular complexity index is 496. The molecule has 0 radical (unpaired) electrons. The van der Waals surface area contributed by atoms with Crippen LogP contribution in [0, 0.1) is 5.92 Å². The molecule has 25 heavy (non-hydrogen) atoms. The predicted octanol–water partition coefficient (Wildman–Crippen LogP) is 1.36. The van der Waals surface area contributed by atoms with Crippen LogP contribution in [0.3, 0.4) is 0 Å². The summed E-state index contributed by atoms with van der Waals surface area (Å²) >= 11 is 0. The Morgan fingerprint density at radius 1 is 1.20 bits per heavy atom. The third-order valence-corrected chi connectivity index (χ3v) is 4.48. The fraction of sp³-hybridized carbons (Fsp3) is 0.722. The second-order valence-corrected chi connectivity index (χ2v) is 6.38. The molecular formula is C18H32N6O.